The largest absolute Gasteiger partial charge is 0.454 e. The Hall–Kier alpha value is -1.75. The Morgan fingerprint density at radius 1 is 1.47 bits per heavy atom. The Bertz CT molecular complexity index is 539. The monoisotopic (exact) mass is 276 g/mol. The zero-order valence-electron chi connectivity index (χ0n) is 11.0. The van der Waals surface area contributed by atoms with E-state index in [1.54, 1.807) is 18.6 Å². The van der Waals surface area contributed by atoms with Crippen molar-refractivity contribution in [2.75, 3.05) is 0 Å². The van der Waals surface area contributed by atoms with Crippen LogP contribution in [-0.4, -0.2) is 15.9 Å². The molecule has 19 heavy (non-hydrogen) atoms. The molecule has 1 atom stereocenters. The first-order chi connectivity index (χ1) is 9.20. The van der Waals surface area contributed by atoms with Gasteiger partial charge in [-0.1, -0.05) is 13.0 Å². The van der Waals surface area contributed by atoms with Crippen molar-refractivity contribution >= 4 is 17.3 Å². The molecule has 0 amide bonds. The van der Waals surface area contributed by atoms with Crippen LogP contribution in [0.25, 0.3) is 0 Å². The third-order valence-corrected chi connectivity index (χ3v) is 3.69. The van der Waals surface area contributed by atoms with E-state index < -0.39 is 0 Å². The highest BCUT2D eigenvalue weighted by Crippen LogP contribution is 2.21. The Morgan fingerprint density at radius 3 is 3.00 bits per heavy atom. The number of pyridine rings is 1. The number of nitrogens with zero attached hydrogens (tertiary/aromatic N) is 2. The number of hydrogen-bond donors (Lipinski definition) is 0. The smallest absolute Gasteiger partial charge is 0.350 e. The Balaban J connectivity index is 2.00. The van der Waals surface area contributed by atoms with Crippen LogP contribution in [0.15, 0.2) is 30.7 Å². The number of esters is 1. The fourth-order valence-electron chi connectivity index (χ4n) is 1.64. The highest BCUT2D eigenvalue weighted by molar-refractivity contribution is 7.13. The second-order valence-corrected chi connectivity index (χ2v) is 5.32. The topological polar surface area (TPSA) is 52.1 Å². The molecule has 2 rings (SSSR count). The summed E-state index contributed by atoms with van der Waals surface area (Å²) < 4.78 is 5.41. The number of aryl methyl sites for hydroxylation is 1. The van der Waals surface area contributed by atoms with Gasteiger partial charge in [0.1, 0.15) is 11.0 Å². The van der Waals surface area contributed by atoms with Crippen molar-refractivity contribution in [3.63, 3.8) is 0 Å². The van der Waals surface area contributed by atoms with Crippen molar-refractivity contribution in [2.24, 2.45) is 0 Å². The second kappa shape index (κ2) is 6.43. The molecular weight excluding hydrogens is 260 g/mol. The van der Waals surface area contributed by atoms with Crippen molar-refractivity contribution in [1.82, 2.24) is 9.97 Å². The van der Waals surface area contributed by atoms with Gasteiger partial charge in [-0.3, -0.25) is 4.98 Å². The average molecular weight is 276 g/mol. The highest BCUT2D eigenvalue weighted by atomic mass is 32.1. The lowest BCUT2D eigenvalue weighted by molar-refractivity contribution is 0.0343. The van der Waals surface area contributed by atoms with Gasteiger partial charge in [0.05, 0.1) is 11.2 Å². The van der Waals surface area contributed by atoms with Crippen LogP contribution < -0.4 is 0 Å². The second-order valence-electron chi connectivity index (χ2n) is 4.20. The minimum absolute atomic E-state index is 0.307. The summed E-state index contributed by atoms with van der Waals surface area (Å²) in [7, 11) is 0. The van der Waals surface area contributed by atoms with Crippen LogP contribution in [0.1, 0.15) is 46.6 Å². The maximum atomic E-state index is 12.0. The third kappa shape index (κ3) is 3.61. The van der Waals surface area contributed by atoms with E-state index in [4.69, 9.17) is 4.74 Å². The van der Waals surface area contributed by atoms with Gasteiger partial charge in [0.2, 0.25) is 0 Å². The first-order valence-corrected chi connectivity index (χ1v) is 7.08. The lowest BCUT2D eigenvalue weighted by atomic mass is 10.2. The summed E-state index contributed by atoms with van der Waals surface area (Å²) in [6.07, 6.45) is 6.60. The van der Waals surface area contributed by atoms with Gasteiger partial charge in [-0.25, -0.2) is 9.78 Å². The summed E-state index contributed by atoms with van der Waals surface area (Å²) in [4.78, 5) is 20.8. The van der Waals surface area contributed by atoms with E-state index in [0.29, 0.717) is 4.88 Å². The SMILES string of the molecule is CCCc1ncc(C(=O)O[C@@H](C)c2cccnc2)s1. The summed E-state index contributed by atoms with van der Waals surface area (Å²) in [5.41, 5.74) is 0.883. The lowest BCUT2D eigenvalue weighted by Crippen LogP contribution is -2.08. The highest BCUT2D eigenvalue weighted by Gasteiger charge is 2.16. The molecule has 0 aliphatic carbocycles. The number of carbonyl (C=O) groups excluding carboxylic acids is 1. The molecule has 0 saturated heterocycles. The van der Waals surface area contributed by atoms with Crippen molar-refractivity contribution in [2.45, 2.75) is 32.8 Å². The Labute approximate surface area is 116 Å². The van der Waals surface area contributed by atoms with Crippen molar-refractivity contribution < 1.29 is 9.53 Å². The number of carbonyl (C=O) groups is 1. The quantitative estimate of drug-likeness (QED) is 0.785. The molecule has 100 valence electrons. The fourth-order valence-corrected chi connectivity index (χ4v) is 2.54. The van der Waals surface area contributed by atoms with E-state index in [1.165, 1.54) is 11.3 Å². The van der Waals surface area contributed by atoms with Gasteiger partial charge < -0.3 is 4.74 Å². The standard InChI is InChI=1S/C14H16N2O2S/c1-3-5-13-16-9-12(19-13)14(17)18-10(2)11-6-4-7-15-8-11/h4,6-10H,3,5H2,1-2H3/t10-/m0/s1. The lowest BCUT2D eigenvalue weighted by Gasteiger charge is -2.11. The number of rotatable bonds is 5. The molecule has 2 aromatic heterocycles. The van der Waals surface area contributed by atoms with E-state index in [-0.39, 0.29) is 12.1 Å². The molecule has 0 spiro atoms. The summed E-state index contributed by atoms with van der Waals surface area (Å²) in [6, 6.07) is 3.71. The fraction of sp³-hybridized carbons (Fsp3) is 0.357. The third-order valence-electron chi connectivity index (χ3n) is 2.66. The molecule has 4 nitrogen and oxygen atoms in total. The molecule has 0 aliphatic rings. The predicted octanol–water partition coefficient (Wildman–Crippen LogP) is 3.41. The van der Waals surface area contributed by atoms with E-state index in [1.807, 2.05) is 19.1 Å². The predicted molar refractivity (Wildman–Crippen MR) is 74.2 cm³/mol. The van der Waals surface area contributed by atoms with Crippen molar-refractivity contribution in [1.29, 1.82) is 0 Å². The van der Waals surface area contributed by atoms with Crippen LogP contribution in [0.5, 0.6) is 0 Å². The van der Waals surface area contributed by atoms with Gasteiger partial charge in [-0.15, -0.1) is 11.3 Å². The summed E-state index contributed by atoms with van der Waals surface area (Å²) in [5, 5.41) is 0.975. The molecule has 5 heteroatoms. The first-order valence-electron chi connectivity index (χ1n) is 6.26. The average Bonchev–Trinajstić information content (AvgIpc) is 2.89. The molecule has 0 unspecified atom stereocenters. The van der Waals surface area contributed by atoms with Crippen LogP contribution in [-0.2, 0) is 11.2 Å². The first kappa shape index (κ1) is 13.7. The van der Waals surface area contributed by atoms with Crippen LogP contribution in [0.2, 0.25) is 0 Å². The Kier molecular flexibility index (Phi) is 4.63. The van der Waals surface area contributed by atoms with Gasteiger partial charge in [-0.2, -0.15) is 0 Å². The van der Waals surface area contributed by atoms with Crippen molar-refractivity contribution in [3.05, 3.63) is 46.2 Å². The van der Waals surface area contributed by atoms with Crippen LogP contribution >= 0.6 is 11.3 Å². The molecular formula is C14H16N2O2S. The van der Waals surface area contributed by atoms with Crippen LogP contribution in [0, 0.1) is 0 Å². The summed E-state index contributed by atoms with van der Waals surface area (Å²) in [6.45, 7) is 3.92. The summed E-state index contributed by atoms with van der Waals surface area (Å²) >= 11 is 1.40. The maximum Gasteiger partial charge on any atom is 0.350 e. The minimum atomic E-state index is -0.323. The molecule has 0 fully saturated rings. The van der Waals surface area contributed by atoms with E-state index in [0.717, 1.165) is 23.4 Å². The van der Waals surface area contributed by atoms with Gasteiger partial charge in [0.15, 0.2) is 0 Å². The molecule has 0 N–H and O–H groups in total. The van der Waals surface area contributed by atoms with Gasteiger partial charge in [0, 0.05) is 18.0 Å². The maximum absolute atomic E-state index is 12.0. The number of thiazole rings is 1. The molecule has 0 bridgehead atoms. The normalized spacial score (nSPS) is 12.1. The Morgan fingerprint density at radius 2 is 2.32 bits per heavy atom. The minimum Gasteiger partial charge on any atom is -0.454 e. The zero-order chi connectivity index (χ0) is 13.7. The van der Waals surface area contributed by atoms with Crippen molar-refractivity contribution in [3.8, 4) is 0 Å². The summed E-state index contributed by atoms with van der Waals surface area (Å²) in [5.74, 6) is -0.323. The molecule has 0 aliphatic heterocycles. The van der Waals surface area contributed by atoms with Gasteiger partial charge in [-0.05, 0) is 25.8 Å². The molecule has 0 saturated carbocycles. The molecule has 2 aromatic rings. The molecule has 0 radical (unpaired) electrons. The zero-order valence-corrected chi connectivity index (χ0v) is 11.8. The van der Waals surface area contributed by atoms with E-state index in [2.05, 4.69) is 16.9 Å². The number of ether oxygens (including phenoxy) is 1. The number of hydrogen-bond acceptors (Lipinski definition) is 5. The number of aromatic nitrogens is 2. The van der Waals surface area contributed by atoms with Gasteiger partial charge in [0.25, 0.3) is 0 Å². The van der Waals surface area contributed by atoms with Crippen LogP contribution in [0.4, 0.5) is 0 Å². The van der Waals surface area contributed by atoms with Crippen LogP contribution in [0.3, 0.4) is 0 Å². The molecule has 2 heterocycles. The van der Waals surface area contributed by atoms with E-state index >= 15 is 0 Å². The molecule has 0 aromatic carbocycles. The van der Waals surface area contributed by atoms with Gasteiger partial charge >= 0.3 is 5.97 Å². The van der Waals surface area contributed by atoms with E-state index in [9.17, 15) is 4.79 Å².